The van der Waals surface area contributed by atoms with Gasteiger partial charge in [0.05, 0.1) is 27.9 Å². The predicted molar refractivity (Wildman–Crippen MR) is 128 cm³/mol. The molecule has 0 fully saturated rings. The van der Waals surface area contributed by atoms with E-state index in [0.717, 1.165) is 23.5 Å². The number of carbonyl (C=O) groups is 2. The Kier molecular flexibility index (Phi) is 9.04. The maximum Gasteiger partial charge on any atom is 0.435 e. The van der Waals surface area contributed by atoms with Gasteiger partial charge in [0, 0.05) is 12.1 Å². The van der Waals surface area contributed by atoms with Crippen LogP contribution in [-0.2, 0) is 28.1 Å². The monoisotopic (exact) mass is 587 g/mol. The Morgan fingerprint density at radius 3 is 2.38 bits per heavy atom. The van der Waals surface area contributed by atoms with E-state index in [0.29, 0.717) is 35.3 Å². The first-order chi connectivity index (χ1) is 17.4. The fourth-order valence-electron chi connectivity index (χ4n) is 3.95. The van der Waals surface area contributed by atoms with E-state index in [1.165, 1.54) is 0 Å². The molecule has 202 valence electrons. The number of carboxylic acids is 1. The molecule has 1 aromatic carbocycles. The van der Waals surface area contributed by atoms with Crippen LogP contribution in [0, 0.1) is 5.82 Å². The average molecular weight is 588 g/mol. The standard InChI is InChI=1S/C18H11Cl2F4NO3S.C4H9FN2O/c19-10-4-7(5-11(20)13(10)21)17(18(22,23)24)6-12(25-28-17)14-8-2-1-3-9(8)15(29-14)16(26)27;5-1-2-7-4(8)3-6/h4-5H,1-3,6H2,(H,26,27);1-3,6H2,(H,7,8). The molecule has 0 saturated carbocycles. The van der Waals surface area contributed by atoms with Crippen molar-refractivity contribution in [2.24, 2.45) is 10.9 Å². The van der Waals surface area contributed by atoms with Gasteiger partial charge in [-0.1, -0.05) is 28.4 Å². The Balaban J connectivity index is 0.000000414. The molecule has 15 heteroatoms. The maximum absolute atomic E-state index is 14.1. The van der Waals surface area contributed by atoms with Crippen LogP contribution >= 0.6 is 34.5 Å². The first-order valence-corrected chi connectivity index (χ1v) is 12.3. The number of carboxylic acid groups (broad SMARTS) is 1. The minimum Gasteiger partial charge on any atom is -0.477 e. The molecule has 2 heterocycles. The molecule has 1 amide bonds. The summed E-state index contributed by atoms with van der Waals surface area (Å²) in [5.41, 5.74) is 2.83. The molecule has 1 unspecified atom stereocenters. The summed E-state index contributed by atoms with van der Waals surface area (Å²) in [5, 5.41) is 14.2. The quantitative estimate of drug-likeness (QED) is 0.325. The molecule has 0 bridgehead atoms. The molecule has 0 saturated heterocycles. The molecule has 4 rings (SSSR count). The number of nitrogens with zero attached hydrogens (tertiary/aromatic N) is 1. The van der Waals surface area contributed by atoms with Crippen molar-refractivity contribution in [2.75, 3.05) is 19.8 Å². The number of nitrogens with one attached hydrogen (secondary N) is 1. The molecule has 1 aliphatic carbocycles. The van der Waals surface area contributed by atoms with Gasteiger partial charge >= 0.3 is 12.1 Å². The van der Waals surface area contributed by atoms with Gasteiger partial charge in [-0.3, -0.25) is 4.79 Å². The van der Waals surface area contributed by atoms with Crippen molar-refractivity contribution in [3.8, 4) is 0 Å². The van der Waals surface area contributed by atoms with Crippen LogP contribution < -0.4 is 11.1 Å². The smallest absolute Gasteiger partial charge is 0.435 e. The zero-order chi connectivity index (χ0) is 27.5. The highest BCUT2D eigenvalue weighted by atomic mass is 35.5. The first kappa shape index (κ1) is 29.1. The summed E-state index contributed by atoms with van der Waals surface area (Å²) in [5.74, 6) is -2.48. The summed E-state index contributed by atoms with van der Waals surface area (Å²) in [6.45, 7) is -0.540. The number of aromatic carboxylic acids is 1. The average Bonchev–Trinajstić information content (AvgIpc) is 3.56. The maximum atomic E-state index is 14.1. The normalized spacial score (nSPS) is 18.4. The topological polar surface area (TPSA) is 114 Å². The van der Waals surface area contributed by atoms with Crippen molar-refractivity contribution >= 4 is 52.1 Å². The van der Waals surface area contributed by atoms with Gasteiger partial charge in [-0.15, -0.1) is 11.3 Å². The van der Waals surface area contributed by atoms with E-state index in [1.54, 1.807) is 0 Å². The Bertz CT molecular complexity index is 1210. The Labute approximate surface area is 221 Å². The molecular weight excluding hydrogens is 568 g/mol. The Morgan fingerprint density at radius 2 is 1.84 bits per heavy atom. The minimum absolute atomic E-state index is 0.00505. The van der Waals surface area contributed by atoms with Crippen molar-refractivity contribution in [1.29, 1.82) is 0 Å². The highest BCUT2D eigenvalue weighted by Gasteiger charge is 2.63. The van der Waals surface area contributed by atoms with Gasteiger partial charge < -0.3 is 21.0 Å². The summed E-state index contributed by atoms with van der Waals surface area (Å²) in [4.78, 5) is 27.1. The Hall–Kier alpha value is -2.48. The SMILES string of the molecule is NCC(=O)NCCF.O=C(O)c1sc(C2=NOC(c3cc(Cl)c(F)c(Cl)c3)(C(F)(F)F)C2)c2c1CCC2. The number of nitrogens with two attached hydrogens (primary N) is 1. The van der Waals surface area contributed by atoms with Crippen LogP contribution in [0.25, 0.3) is 0 Å². The van der Waals surface area contributed by atoms with Crippen LogP contribution in [-0.4, -0.2) is 48.6 Å². The van der Waals surface area contributed by atoms with Gasteiger partial charge in [0.1, 0.15) is 17.3 Å². The molecule has 0 spiro atoms. The molecule has 2 aromatic rings. The number of hydrogen-bond acceptors (Lipinski definition) is 6. The molecule has 1 atom stereocenters. The third-order valence-electron chi connectivity index (χ3n) is 5.66. The van der Waals surface area contributed by atoms with Gasteiger partial charge in [0.15, 0.2) is 5.82 Å². The van der Waals surface area contributed by atoms with E-state index < -0.39 is 52.3 Å². The fraction of sp³-hybridized carbons (Fsp3) is 0.409. The second-order valence-corrected chi connectivity index (χ2v) is 9.84. The van der Waals surface area contributed by atoms with Crippen molar-refractivity contribution in [2.45, 2.75) is 37.5 Å². The van der Waals surface area contributed by atoms with Gasteiger partial charge in [-0.2, -0.15) is 13.2 Å². The number of fused-ring (bicyclic) bond motifs is 1. The van der Waals surface area contributed by atoms with Crippen LogP contribution in [0.3, 0.4) is 0 Å². The summed E-state index contributed by atoms with van der Waals surface area (Å²) in [6.07, 6.45) is -3.80. The lowest BCUT2D eigenvalue weighted by molar-refractivity contribution is -0.275. The largest absolute Gasteiger partial charge is 0.477 e. The molecule has 2 aliphatic rings. The number of oxime groups is 1. The molecule has 7 nitrogen and oxygen atoms in total. The molecule has 0 radical (unpaired) electrons. The zero-order valence-corrected chi connectivity index (χ0v) is 21.2. The lowest BCUT2D eigenvalue weighted by Gasteiger charge is -2.29. The van der Waals surface area contributed by atoms with Gasteiger partial charge in [-0.25, -0.2) is 13.6 Å². The summed E-state index contributed by atoms with van der Waals surface area (Å²) < 4.78 is 67.2. The van der Waals surface area contributed by atoms with E-state index in [4.69, 9.17) is 33.8 Å². The first-order valence-electron chi connectivity index (χ1n) is 10.7. The third-order valence-corrected chi connectivity index (χ3v) is 7.53. The Morgan fingerprint density at radius 1 is 1.22 bits per heavy atom. The number of thiophene rings is 1. The van der Waals surface area contributed by atoms with Crippen LogP contribution in [0.1, 0.15) is 44.1 Å². The van der Waals surface area contributed by atoms with Gasteiger partial charge in [-0.05, 0) is 42.5 Å². The highest BCUT2D eigenvalue weighted by Crippen LogP contribution is 2.51. The number of amides is 1. The van der Waals surface area contributed by atoms with Crippen LogP contribution in [0.4, 0.5) is 22.0 Å². The summed E-state index contributed by atoms with van der Waals surface area (Å²) >= 11 is 12.3. The molecule has 1 aromatic heterocycles. The van der Waals surface area contributed by atoms with Gasteiger partial charge in [0.25, 0.3) is 5.60 Å². The zero-order valence-electron chi connectivity index (χ0n) is 18.9. The number of carbonyl (C=O) groups excluding carboxylic acids is 1. The minimum atomic E-state index is -4.92. The van der Waals surface area contributed by atoms with Crippen molar-refractivity contribution in [3.05, 3.63) is 54.4 Å². The highest BCUT2D eigenvalue weighted by molar-refractivity contribution is 7.16. The third kappa shape index (κ3) is 5.84. The molecular formula is C22H20Cl2F5N3O4S. The number of alkyl halides is 4. The van der Waals surface area contributed by atoms with E-state index in [-0.39, 0.29) is 29.6 Å². The van der Waals surface area contributed by atoms with E-state index in [2.05, 4.69) is 10.5 Å². The van der Waals surface area contributed by atoms with Crippen LogP contribution in [0.2, 0.25) is 10.0 Å². The molecule has 1 aliphatic heterocycles. The van der Waals surface area contributed by atoms with Crippen LogP contribution in [0.15, 0.2) is 17.3 Å². The number of halogens is 7. The van der Waals surface area contributed by atoms with Gasteiger partial charge in [0.2, 0.25) is 5.91 Å². The molecule has 4 N–H and O–H groups in total. The second kappa shape index (κ2) is 11.5. The van der Waals surface area contributed by atoms with Crippen molar-refractivity contribution in [3.63, 3.8) is 0 Å². The van der Waals surface area contributed by atoms with Crippen molar-refractivity contribution in [1.82, 2.24) is 5.32 Å². The van der Waals surface area contributed by atoms with Crippen molar-refractivity contribution < 1.29 is 41.5 Å². The lowest BCUT2D eigenvalue weighted by Crippen LogP contribution is -2.42. The van der Waals surface area contributed by atoms with E-state index >= 15 is 0 Å². The number of hydrogen-bond donors (Lipinski definition) is 3. The number of rotatable bonds is 6. The summed E-state index contributed by atoms with van der Waals surface area (Å²) in [7, 11) is 0. The lowest BCUT2D eigenvalue weighted by atomic mass is 9.87. The second-order valence-electron chi connectivity index (χ2n) is 8.00. The predicted octanol–water partition coefficient (Wildman–Crippen LogP) is 4.99. The van der Waals surface area contributed by atoms with Crippen LogP contribution in [0.5, 0.6) is 0 Å². The summed E-state index contributed by atoms with van der Waals surface area (Å²) in [6, 6.07) is 1.63. The number of benzene rings is 1. The molecule has 37 heavy (non-hydrogen) atoms. The van der Waals surface area contributed by atoms with E-state index in [9.17, 15) is 36.6 Å². The fourth-order valence-corrected chi connectivity index (χ4v) is 5.65. The van der Waals surface area contributed by atoms with E-state index in [1.807, 2.05) is 0 Å².